The van der Waals surface area contributed by atoms with Crippen molar-refractivity contribution in [3.8, 4) is 33.8 Å². The van der Waals surface area contributed by atoms with Gasteiger partial charge in [0.15, 0.2) is 0 Å². The number of aromatic hydroxyl groups is 2. The van der Waals surface area contributed by atoms with Crippen LogP contribution < -0.4 is 0 Å². The average molecular weight is 671 g/mol. The first kappa shape index (κ1) is 37.1. The molecule has 2 atom stereocenters. The molecule has 0 unspecified atom stereocenters. The van der Waals surface area contributed by atoms with Crippen molar-refractivity contribution in [2.24, 2.45) is 9.98 Å². The molecule has 1 aliphatic carbocycles. The van der Waals surface area contributed by atoms with Crippen LogP contribution in [-0.2, 0) is 10.8 Å². The van der Waals surface area contributed by atoms with Crippen LogP contribution in [0.2, 0.25) is 0 Å². The van der Waals surface area contributed by atoms with Crippen molar-refractivity contribution in [1.82, 2.24) is 0 Å². The SMILES string of the molecule is Cc1cc(C=N[C@@H]2CCCC[C@H]2N=Cc2cc(C)cc(-c3c(C)cc(C(C)(C)C)cc3C)c2O)c(O)c(-c2c(C)cc(C(C)(C)C)cc2C)c1. The lowest BCUT2D eigenvalue weighted by Gasteiger charge is -2.26. The second kappa shape index (κ2) is 14.2. The molecule has 4 nitrogen and oxygen atoms in total. The van der Waals surface area contributed by atoms with E-state index in [-0.39, 0.29) is 34.4 Å². The molecule has 1 saturated carbocycles. The maximum atomic E-state index is 11.6. The molecule has 0 amide bonds. The van der Waals surface area contributed by atoms with Crippen LogP contribution in [0.1, 0.15) is 123 Å². The molecule has 50 heavy (non-hydrogen) atoms. The molecule has 2 N–H and O–H groups in total. The fourth-order valence-corrected chi connectivity index (χ4v) is 7.63. The van der Waals surface area contributed by atoms with Gasteiger partial charge in [0, 0.05) is 34.7 Å². The molecular formula is C46H58N2O2. The van der Waals surface area contributed by atoms with Crippen molar-refractivity contribution in [1.29, 1.82) is 0 Å². The molecule has 1 fully saturated rings. The van der Waals surface area contributed by atoms with E-state index in [1.807, 2.05) is 24.6 Å². The summed E-state index contributed by atoms with van der Waals surface area (Å²) in [6, 6.07) is 17.2. The smallest absolute Gasteiger partial charge is 0.132 e. The maximum absolute atomic E-state index is 11.6. The summed E-state index contributed by atoms with van der Waals surface area (Å²) in [5.74, 6) is 0.534. The van der Waals surface area contributed by atoms with Crippen LogP contribution in [-0.4, -0.2) is 34.7 Å². The topological polar surface area (TPSA) is 65.2 Å². The highest BCUT2D eigenvalue weighted by Crippen LogP contribution is 2.41. The highest BCUT2D eigenvalue weighted by atomic mass is 16.3. The lowest BCUT2D eigenvalue weighted by Crippen LogP contribution is -2.27. The highest BCUT2D eigenvalue weighted by Gasteiger charge is 2.25. The summed E-state index contributed by atoms with van der Waals surface area (Å²) in [4.78, 5) is 10.1. The van der Waals surface area contributed by atoms with Gasteiger partial charge in [0.2, 0.25) is 0 Å². The molecule has 0 spiro atoms. The molecule has 0 radical (unpaired) electrons. The normalized spacial score (nSPS) is 17.3. The average Bonchev–Trinajstić information content (AvgIpc) is 3.01. The van der Waals surface area contributed by atoms with Crippen LogP contribution in [0.3, 0.4) is 0 Å². The Labute approximate surface area is 301 Å². The first-order valence-corrected chi connectivity index (χ1v) is 18.3. The van der Waals surface area contributed by atoms with Crippen LogP contribution in [0.15, 0.2) is 58.5 Å². The second-order valence-electron chi connectivity index (χ2n) is 16.9. The fourth-order valence-electron chi connectivity index (χ4n) is 7.63. The van der Waals surface area contributed by atoms with Gasteiger partial charge >= 0.3 is 0 Å². The van der Waals surface area contributed by atoms with Gasteiger partial charge in [-0.15, -0.1) is 0 Å². The summed E-state index contributed by atoms with van der Waals surface area (Å²) in [6.07, 6.45) is 7.78. The zero-order valence-electron chi connectivity index (χ0n) is 32.5. The van der Waals surface area contributed by atoms with Gasteiger partial charge in [-0.3, -0.25) is 9.98 Å². The second-order valence-corrected chi connectivity index (χ2v) is 16.9. The first-order chi connectivity index (χ1) is 23.3. The van der Waals surface area contributed by atoms with E-state index in [1.165, 1.54) is 11.1 Å². The summed E-state index contributed by atoms with van der Waals surface area (Å²) in [5.41, 5.74) is 14.8. The molecule has 5 rings (SSSR count). The monoisotopic (exact) mass is 670 g/mol. The number of hydrogen-bond donors (Lipinski definition) is 2. The zero-order chi connectivity index (χ0) is 36.7. The minimum Gasteiger partial charge on any atom is -0.507 e. The third-order valence-corrected chi connectivity index (χ3v) is 10.4. The number of phenolic OH excluding ortho intramolecular Hbond substituents is 2. The zero-order valence-corrected chi connectivity index (χ0v) is 32.5. The molecule has 4 aromatic carbocycles. The van der Waals surface area contributed by atoms with Crippen molar-refractivity contribution in [3.05, 3.63) is 104 Å². The lowest BCUT2D eigenvalue weighted by molar-refractivity contribution is 0.390. The summed E-state index contributed by atoms with van der Waals surface area (Å²) < 4.78 is 0. The minimum atomic E-state index is -0.00115. The van der Waals surface area contributed by atoms with Crippen molar-refractivity contribution in [2.45, 2.75) is 132 Å². The Morgan fingerprint density at radius 2 is 0.840 bits per heavy atom. The van der Waals surface area contributed by atoms with E-state index < -0.39 is 0 Å². The standard InChI is InChI=1S/C46H58N2O2/c1-27-17-33(43(49)37(19-27)41-29(3)21-35(22-30(41)4)45(7,8)9)25-47-39-15-13-14-16-40(39)48-26-34-18-28(2)20-38(44(34)50)42-31(5)23-36(24-32(42)6)46(10,11)12/h17-26,39-40,49-50H,13-16H2,1-12H3/t39-,40-/m1/s1. The number of benzene rings is 4. The molecule has 4 aromatic rings. The molecule has 264 valence electrons. The first-order valence-electron chi connectivity index (χ1n) is 18.3. The van der Waals surface area contributed by atoms with Gasteiger partial charge in [0.1, 0.15) is 11.5 Å². The third kappa shape index (κ3) is 7.90. The van der Waals surface area contributed by atoms with Crippen LogP contribution in [0.25, 0.3) is 22.3 Å². The van der Waals surface area contributed by atoms with Crippen molar-refractivity contribution < 1.29 is 10.2 Å². The van der Waals surface area contributed by atoms with E-state index in [0.29, 0.717) is 0 Å². The van der Waals surface area contributed by atoms with Gasteiger partial charge in [0.25, 0.3) is 0 Å². The molecule has 0 heterocycles. The molecule has 1 aliphatic rings. The maximum Gasteiger partial charge on any atom is 0.132 e. The molecule has 0 bridgehead atoms. The van der Waals surface area contributed by atoms with Gasteiger partial charge in [-0.05, 0) is 145 Å². The van der Waals surface area contributed by atoms with Crippen molar-refractivity contribution in [2.75, 3.05) is 0 Å². The molecule has 4 heteroatoms. The third-order valence-electron chi connectivity index (χ3n) is 10.4. The van der Waals surface area contributed by atoms with Crippen LogP contribution in [0.5, 0.6) is 11.5 Å². The van der Waals surface area contributed by atoms with E-state index in [2.05, 4.69) is 119 Å². The number of aliphatic imine (C=N–C) groups is 2. The van der Waals surface area contributed by atoms with Gasteiger partial charge in [-0.1, -0.05) is 78.6 Å². The van der Waals surface area contributed by atoms with Gasteiger partial charge in [0.05, 0.1) is 12.1 Å². The number of aryl methyl sites for hydroxylation is 6. The predicted octanol–water partition coefficient (Wildman–Crippen LogP) is 11.7. The summed E-state index contributed by atoms with van der Waals surface area (Å²) in [7, 11) is 0. The Balaban J connectivity index is 1.45. The Hall–Kier alpha value is -4.18. The number of phenols is 2. The Morgan fingerprint density at radius 3 is 1.14 bits per heavy atom. The van der Waals surface area contributed by atoms with Crippen molar-refractivity contribution >= 4 is 12.4 Å². The predicted molar refractivity (Wildman–Crippen MR) is 214 cm³/mol. The van der Waals surface area contributed by atoms with Crippen LogP contribution >= 0.6 is 0 Å². The molecule has 0 aliphatic heterocycles. The van der Waals surface area contributed by atoms with E-state index in [1.54, 1.807) is 0 Å². The van der Waals surface area contributed by atoms with Crippen molar-refractivity contribution in [3.63, 3.8) is 0 Å². The van der Waals surface area contributed by atoms with Gasteiger partial charge < -0.3 is 10.2 Å². The summed E-state index contributed by atoms with van der Waals surface area (Å²) in [6.45, 7) is 26.1. The van der Waals surface area contributed by atoms with E-state index in [0.717, 1.165) is 92.4 Å². The Morgan fingerprint density at radius 1 is 0.520 bits per heavy atom. The highest BCUT2D eigenvalue weighted by molar-refractivity contribution is 5.92. The Kier molecular flexibility index (Phi) is 10.5. The number of nitrogens with zero attached hydrogens (tertiary/aromatic N) is 2. The quantitative estimate of drug-likeness (QED) is 0.201. The minimum absolute atomic E-state index is 0.00115. The Bertz CT molecular complexity index is 1780. The van der Waals surface area contributed by atoms with Gasteiger partial charge in [-0.2, -0.15) is 0 Å². The summed E-state index contributed by atoms with van der Waals surface area (Å²) >= 11 is 0. The van der Waals surface area contributed by atoms with E-state index in [4.69, 9.17) is 9.98 Å². The van der Waals surface area contributed by atoms with E-state index >= 15 is 0 Å². The molecular weight excluding hydrogens is 613 g/mol. The lowest BCUT2D eigenvalue weighted by atomic mass is 9.82. The largest absolute Gasteiger partial charge is 0.507 e. The molecule has 0 saturated heterocycles. The number of hydrogen-bond acceptors (Lipinski definition) is 4. The van der Waals surface area contributed by atoms with E-state index in [9.17, 15) is 10.2 Å². The van der Waals surface area contributed by atoms with Gasteiger partial charge in [-0.25, -0.2) is 0 Å². The molecule has 0 aromatic heterocycles. The fraction of sp³-hybridized carbons (Fsp3) is 0.435. The van der Waals surface area contributed by atoms with Crippen LogP contribution in [0.4, 0.5) is 0 Å². The summed E-state index contributed by atoms with van der Waals surface area (Å²) in [5, 5.41) is 23.2. The van der Waals surface area contributed by atoms with Crippen LogP contribution in [0, 0.1) is 41.5 Å². The number of rotatable bonds is 6.